The zero-order valence-corrected chi connectivity index (χ0v) is 18.9. The first-order chi connectivity index (χ1) is 14.4. The number of aryl methyl sites for hydroxylation is 1. The van der Waals surface area contributed by atoms with Crippen LogP contribution in [0.2, 0.25) is 5.02 Å². The maximum absolute atomic E-state index is 11.0. The van der Waals surface area contributed by atoms with E-state index in [4.69, 9.17) is 17.3 Å². The molecule has 1 heterocycles. The number of nitrogens with two attached hydrogens (primary N) is 1. The van der Waals surface area contributed by atoms with Crippen LogP contribution in [0.5, 0.6) is 0 Å². The Bertz CT molecular complexity index is 726. The van der Waals surface area contributed by atoms with Gasteiger partial charge in [-0.3, -0.25) is 9.69 Å². The molecular formula is C24H35ClN4O. The number of halogens is 1. The van der Waals surface area contributed by atoms with Crippen molar-refractivity contribution in [2.45, 2.75) is 51.9 Å². The number of piperazine rings is 1. The van der Waals surface area contributed by atoms with E-state index < -0.39 is 0 Å². The van der Waals surface area contributed by atoms with Gasteiger partial charge < -0.3 is 10.6 Å². The van der Waals surface area contributed by atoms with Crippen molar-refractivity contribution in [3.63, 3.8) is 0 Å². The van der Waals surface area contributed by atoms with E-state index in [9.17, 15) is 10.1 Å². The zero-order valence-electron chi connectivity index (χ0n) is 18.2. The van der Waals surface area contributed by atoms with Gasteiger partial charge in [-0.2, -0.15) is 5.26 Å². The first-order valence-corrected chi connectivity index (χ1v) is 11.7. The molecule has 1 saturated heterocycles. The highest BCUT2D eigenvalue weighted by Crippen LogP contribution is 2.36. The summed E-state index contributed by atoms with van der Waals surface area (Å²) in [6, 6.07) is 8.72. The minimum atomic E-state index is -0.297. The Morgan fingerprint density at radius 3 is 2.50 bits per heavy atom. The van der Waals surface area contributed by atoms with E-state index in [1.165, 1.54) is 37.1 Å². The highest BCUT2D eigenvalue weighted by Gasteiger charge is 2.28. The number of hydrogen-bond acceptors (Lipinski definition) is 4. The maximum atomic E-state index is 11.0. The van der Waals surface area contributed by atoms with Crippen LogP contribution in [0.15, 0.2) is 18.2 Å². The second-order valence-corrected chi connectivity index (χ2v) is 9.56. The van der Waals surface area contributed by atoms with Crippen LogP contribution in [0.25, 0.3) is 0 Å². The molecule has 3 rings (SSSR count). The number of nitriles is 1. The lowest BCUT2D eigenvalue weighted by molar-refractivity contribution is -0.118. The molecule has 2 fully saturated rings. The number of primary amides is 1. The van der Waals surface area contributed by atoms with Crippen molar-refractivity contribution < 1.29 is 4.79 Å². The molecule has 1 aromatic carbocycles. The summed E-state index contributed by atoms with van der Waals surface area (Å²) in [5.74, 6) is 0.900. The summed E-state index contributed by atoms with van der Waals surface area (Å²) in [6.07, 6.45) is 6.85. The molecule has 1 aromatic rings. The molecule has 0 aromatic heterocycles. The number of nitrogens with zero attached hydrogens (tertiary/aromatic N) is 3. The molecule has 5 nitrogen and oxygen atoms in total. The lowest BCUT2D eigenvalue weighted by Gasteiger charge is -2.37. The van der Waals surface area contributed by atoms with Crippen LogP contribution >= 0.6 is 11.6 Å². The van der Waals surface area contributed by atoms with Crippen LogP contribution in [-0.2, 0) is 4.79 Å². The minimum Gasteiger partial charge on any atom is -0.370 e. The molecule has 6 heteroatoms. The fourth-order valence-electron chi connectivity index (χ4n) is 5.08. The third-order valence-corrected chi connectivity index (χ3v) is 7.16. The monoisotopic (exact) mass is 430 g/mol. The lowest BCUT2D eigenvalue weighted by atomic mass is 9.74. The molecule has 2 aliphatic rings. The molecule has 1 aliphatic heterocycles. The lowest BCUT2D eigenvalue weighted by Crippen LogP contribution is -2.47. The van der Waals surface area contributed by atoms with Gasteiger partial charge in [0.15, 0.2) is 0 Å². The van der Waals surface area contributed by atoms with E-state index in [1.54, 1.807) is 0 Å². The van der Waals surface area contributed by atoms with Gasteiger partial charge in [0.2, 0.25) is 5.91 Å². The summed E-state index contributed by atoms with van der Waals surface area (Å²) >= 11 is 6.23. The molecule has 1 aliphatic carbocycles. The van der Waals surface area contributed by atoms with Gasteiger partial charge >= 0.3 is 0 Å². The van der Waals surface area contributed by atoms with Crippen molar-refractivity contribution in [2.24, 2.45) is 23.5 Å². The van der Waals surface area contributed by atoms with Gasteiger partial charge in [-0.1, -0.05) is 24.4 Å². The summed E-state index contributed by atoms with van der Waals surface area (Å²) in [6.45, 7) is 7.57. The van der Waals surface area contributed by atoms with E-state index in [-0.39, 0.29) is 11.8 Å². The highest BCUT2D eigenvalue weighted by molar-refractivity contribution is 6.30. The van der Waals surface area contributed by atoms with Crippen molar-refractivity contribution in [1.82, 2.24) is 4.90 Å². The Morgan fingerprint density at radius 2 is 1.90 bits per heavy atom. The molecule has 1 atom stereocenters. The molecule has 0 spiro atoms. The first kappa shape index (κ1) is 22.9. The third-order valence-electron chi connectivity index (χ3n) is 6.95. The Kier molecular flexibility index (Phi) is 8.41. The fourth-order valence-corrected chi connectivity index (χ4v) is 5.36. The quantitative estimate of drug-likeness (QED) is 0.664. The number of rotatable bonds is 8. The molecule has 0 bridgehead atoms. The zero-order chi connectivity index (χ0) is 21.5. The van der Waals surface area contributed by atoms with Gasteiger partial charge in [0.05, 0.1) is 6.07 Å². The predicted molar refractivity (Wildman–Crippen MR) is 122 cm³/mol. The molecule has 2 N–H and O–H groups in total. The van der Waals surface area contributed by atoms with Crippen molar-refractivity contribution in [3.8, 4) is 6.07 Å². The van der Waals surface area contributed by atoms with E-state index in [2.05, 4.69) is 34.9 Å². The number of hydrogen-bond donors (Lipinski definition) is 1. The topological polar surface area (TPSA) is 73.4 Å². The van der Waals surface area contributed by atoms with Gasteiger partial charge in [0.25, 0.3) is 0 Å². The van der Waals surface area contributed by atoms with Crippen LogP contribution in [0.3, 0.4) is 0 Å². The van der Waals surface area contributed by atoms with Crippen molar-refractivity contribution in [2.75, 3.05) is 37.6 Å². The molecule has 164 valence electrons. The van der Waals surface area contributed by atoms with E-state index in [0.717, 1.165) is 50.0 Å². The number of carbonyl (C=O) groups excluding carboxylic acids is 1. The second-order valence-electron chi connectivity index (χ2n) is 9.13. The molecule has 1 unspecified atom stereocenters. The van der Waals surface area contributed by atoms with Gasteiger partial charge in [0.1, 0.15) is 0 Å². The summed E-state index contributed by atoms with van der Waals surface area (Å²) in [4.78, 5) is 16.0. The van der Waals surface area contributed by atoms with Crippen molar-refractivity contribution >= 4 is 23.2 Å². The normalized spacial score (nSPS) is 23.7. The largest absolute Gasteiger partial charge is 0.370 e. The van der Waals surface area contributed by atoms with Crippen molar-refractivity contribution in [3.05, 3.63) is 28.8 Å². The SMILES string of the molecule is Cc1cc(Cl)cc(N2CCN(CCC3CCC(C(C#N)CCC(N)=O)CC3)CC2)c1. The van der Waals surface area contributed by atoms with Crippen molar-refractivity contribution in [1.29, 1.82) is 5.26 Å². The maximum Gasteiger partial charge on any atom is 0.217 e. The van der Waals surface area contributed by atoms with Gasteiger partial charge in [-0.05, 0) is 74.8 Å². The van der Waals surface area contributed by atoms with Crippen LogP contribution in [-0.4, -0.2) is 43.5 Å². The standard InChI is InChI=1S/C24H35ClN4O/c1-18-14-22(25)16-23(15-18)29-12-10-28(11-13-29)9-8-19-2-4-20(5-3-19)21(17-26)6-7-24(27)30/h14-16,19-21H,2-13H2,1H3,(H2,27,30). The third kappa shape index (κ3) is 6.62. The van der Waals surface area contributed by atoms with Crippen LogP contribution in [0, 0.1) is 36.0 Å². The Morgan fingerprint density at radius 1 is 1.20 bits per heavy atom. The summed E-state index contributed by atoms with van der Waals surface area (Å²) < 4.78 is 0. The van der Waals surface area contributed by atoms with Crippen LogP contribution in [0.1, 0.15) is 50.5 Å². The highest BCUT2D eigenvalue weighted by atomic mass is 35.5. The molecule has 1 saturated carbocycles. The summed E-state index contributed by atoms with van der Waals surface area (Å²) in [7, 11) is 0. The van der Waals surface area contributed by atoms with Crippen LogP contribution < -0.4 is 10.6 Å². The molecule has 30 heavy (non-hydrogen) atoms. The molecule has 1 amide bonds. The van der Waals surface area contributed by atoms with E-state index >= 15 is 0 Å². The second kappa shape index (κ2) is 11.0. The average molecular weight is 431 g/mol. The molecule has 0 radical (unpaired) electrons. The van der Waals surface area contributed by atoms with E-state index in [1.807, 2.05) is 6.07 Å². The Labute approximate surface area is 186 Å². The number of anilines is 1. The summed E-state index contributed by atoms with van der Waals surface area (Å²) in [5.41, 5.74) is 7.70. The first-order valence-electron chi connectivity index (χ1n) is 11.4. The number of benzene rings is 1. The minimum absolute atomic E-state index is 0.0124. The predicted octanol–water partition coefficient (Wildman–Crippen LogP) is 4.37. The van der Waals surface area contributed by atoms with Crippen LogP contribution in [0.4, 0.5) is 5.69 Å². The smallest absolute Gasteiger partial charge is 0.217 e. The van der Waals surface area contributed by atoms with Gasteiger partial charge in [-0.15, -0.1) is 0 Å². The summed E-state index contributed by atoms with van der Waals surface area (Å²) in [5, 5.41) is 10.3. The fraction of sp³-hybridized carbons (Fsp3) is 0.667. The Hall–Kier alpha value is -1.77. The number of amides is 1. The van der Waals surface area contributed by atoms with Gasteiger partial charge in [0, 0.05) is 49.2 Å². The molecular weight excluding hydrogens is 396 g/mol. The van der Waals surface area contributed by atoms with Gasteiger partial charge in [-0.25, -0.2) is 0 Å². The van der Waals surface area contributed by atoms with E-state index in [0.29, 0.717) is 18.8 Å². The average Bonchev–Trinajstić information content (AvgIpc) is 2.73. The number of carbonyl (C=O) groups is 1. The Balaban J connectivity index is 1.36.